The third-order valence-electron chi connectivity index (χ3n) is 3.64. The van der Waals surface area contributed by atoms with Gasteiger partial charge in [-0.25, -0.2) is 8.42 Å². The van der Waals surface area contributed by atoms with Crippen LogP contribution in [-0.2, 0) is 26.5 Å². The van der Waals surface area contributed by atoms with E-state index in [1.54, 1.807) is 6.07 Å². The molecule has 0 amide bonds. The fraction of sp³-hybridized carbons (Fsp3) is 0.429. The van der Waals surface area contributed by atoms with E-state index in [2.05, 4.69) is 6.07 Å². The van der Waals surface area contributed by atoms with Gasteiger partial charge in [0, 0.05) is 0 Å². The maximum absolute atomic E-state index is 12.1. The molecule has 2 rings (SSSR count). The van der Waals surface area contributed by atoms with Crippen molar-refractivity contribution in [2.24, 2.45) is 0 Å². The van der Waals surface area contributed by atoms with E-state index < -0.39 is 21.2 Å². The molecule has 0 spiro atoms. The fourth-order valence-corrected chi connectivity index (χ4v) is 3.35. The van der Waals surface area contributed by atoms with Gasteiger partial charge in [0.2, 0.25) is 0 Å². The molecule has 0 aromatic heterocycles. The Morgan fingerprint density at radius 3 is 2.55 bits per heavy atom. The molecule has 0 unspecified atom stereocenters. The number of nitriles is 1. The van der Waals surface area contributed by atoms with Crippen LogP contribution in [0.5, 0.6) is 0 Å². The molecule has 0 atom stereocenters. The van der Waals surface area contributed by atoms with Gasteiger partial charge in [-0.2, -0.15) is 5.26 Å². The Labute approximate surface area is 117 Å². The van der Waals surface area contributed by atoms with Gasteiger partial charge in [0.25, 0.3) is 0 Å². The van der Waals surface area contributed by atoms with Crippen LogP contribution in [0.15, 0.2) is 23.1 Å². The van der Waals surface area contributed by atoms with E-state index in [0.717, 1.165) is 0 Å². The normalized spacial score (nSPS) is 16.4. The van der Waals surface area contributed by atoms with E-state index >= 15 is 0 Å². The number of hydrogen-bond donors (Lipinski definition) is 1. The Bertz CT molecular complexity index is 696. The summed E-state index contributed by atoms with van der Waals surface area (Å²) in [6, 6.07) is 6.88. The molecule has 1 aromatic rings. The van der Waals surface area contributed by atoms with Crippen molar-refractivity contribution in [2.45, 2.75) is 36.5 Å². The maximum Gasteiger partial charge on any atom is 0.307 e. The Morgan fingerprint density at radius 2 is 2.10 bits per heavy atom. The number of carboxylic acid groups (broad SMARTS) is 1. The molecule has 0 heterocycles. The molecule has 1 aliphatic carbocycles. The van der Waals surface area contributed by atoms with Crippen LogP contribution in [-0.4, -0.2) is 25.2 Å². The van der Waals surface area contributed by atoms with Crippen molar-refractivity contribution in [1.29, 1.82) is 5.26 Å². The molecule has 0 radical (unpaired) electrons. The summed E-state index contributed by atoms with van der Waals surface area (Å²) in [4.78, 5) is 10.9. The van der Waals surface area contributed by atoms with E-state index in [0.29, 0.717) is 18.4 Å². The zero-order valence-corrected chi connectivity index (χ0v) is 11.9. The van der Waals surface area contributed by atoms with E-state index in [4.69, 9.17) is 5.11 Å². The minimum absolute atomic E-state index is 0.0430. The summed E-state index contributed by atoms with van der Waals surface area (Å²) in [6.45, 7) is 1.52. The Balaban J connectivity index is 2.57. The standard InChI is InChI=1S/C14H15NO4S/c1-2-20(18,19)12-8-11(14(9-15)5-6-14)4-3-10(12)7-13(16)17/h3-4,8H,2,5-7H2,1H3,(H,16,17). The molecule has 6 heteroatoms. The zero-order valence-electron chi connectivity index (χ0n) is 11.1. The number of hydrogen-bond acceptors (Lipinski definition) is 4. The third kappa shape index (κ3) is 2.54. The summed E-state index contributed by atoms with van der Waals surface area (Å²) in [6.07, 6.45) is 1.09. The van der Waals surface area contributed by atoms with Crippen LogP contribution in [0.2, 0.25) is 0 Å². The van der Waals surface area contributed by atoms with Crippen molar-refractivity contribution < 1.29 is 18.3 Å². The van der Waals surface area contributed by atoms with Crippen molar-refractivity contribution in [2.75, 3.05) is 5.75 Å². The molecule has 20 heavy (non-hydrogen) atoms. The second-order valence-electron chi connectivity index (χ2n) is 4.99. The van der Waals surface area contributed by atoms with Gasteiger partial charge in [-0.05, 0) is 30.0 Å². The monoisotopic (exact) mass is 293 g/mol. The maximum atomic E-state index is 12.1. The number of aliphatic carboxylic acids is 1. The lowest BCUT2D eigenvalue weighted by Crippen LogP contribution is -2.13. The highest BCUT2D eigenvalue weighted by Gasteiger charge is 2.45. The van der Waals surface area contributed by atoms with Gasteiger partial charge in [-0.15, -0.1) is 0 Å². The number of rotatable bonds is 5. The van der Waals surface area contributed by atoms with E-state index in [1.165, 1.54) is 19.1 Å². The number of sulfone groups is 1. The van der Waals surface area contributed by atoms with Gasteiger partial charge in [0.05, 0.1) is 28.6 Å². The Kier molecular flexibility index (Phi) is 3.57. The van der Waals surface area contributed by atoms with Crippen molar-refractivity contribution in [3.8, 4) is 6.07 Å². The first-order valence-electron chi connectivity index (χ1n) is 6.34. The molecule has 5 nitrogen and oxygen atoms in total. The van der Waals surface area contributed by atoms with Gasteiger partial charge < -0.3 is 5.11 Å². The van der Waals surface area contributed by atoms with Crippen LogP contribution in [0, 0.1) is 11.3 Å². The Morgan fingerprint density at radius 1 is 1.45 bits per heavy atom. The summed E-state index contributed by atoms with van der Waals surface area (Å²) in [5.41, 5.74) is 0.359. The lowest BCUT2D eigenvalue weighted by atomic mass is 9.96. The highest BCUT2D eigenvalue weighted by atomic mass is 32.2. The smallest absolute Gasteiger partial charge is 0.307 e. The number of carboxylic acids is 1. The van der Waals surface area contributed by atoms with Crippen LogP contribution >= 0.6 is 0 Å². The van der Waals surface area contributed by atoms with E-state index in [1.807, 2.05) is 0 Å². The molecule has 0 saturated heterocycles. The van der Waals surface area contributed by atoms with Crippen LogP contribution in [0.4, 0.5) is 0 Å². The molecule has 1 aliphatic rings. The largest absolute Gasteiger partial charge is 0.481 e. The second kappa shape index (κ2) is 4.91. The molecule has 106 valence electrons. The molecular formula is C14H15NO4S. The van der Waals surface area contributed by atoms with Crippen LogP contribution < -0.4 is 0 Å². The lowest BCUT2D eigenvalue weighted by Gasteiger charge is -2.12. The molecule has 0 aliphatic heterocycles. The third-order valence-corrected chi connectivity index (χ3v) is 5.45. The molecule has 0 bridgehead atoms. The predicted octanol–water partition coefficient (Wildman–Crippen LogP) is 1.66. The van der Waals surface area contributed by atoms with Gasteiger partial charge >= 0.3 is 5.97 Å². The first kappa shape index (κ1) is 14.5. The van der Waals surface area contributed by atoms with Gasteiger partial charge in [0.1, 0.15) is 0 Å². The minimum Gasteiger partial charge on any atom is -0.481 e. The summed E-state index contributed by atoms with van der Waals surface area (Å²) >= 11 is 0. The predicted molar refractivity (Wildman–Crippen MR) is 72.0 cm³/mol. The van der Waals surface area contributed by atoms with E-state index in [-0.39, 0.29) is 22.6 Å². The highest BCUT2D eigenvalue weighted by molar-refractivity contribution is 7.91. The molecular weight excluding hydrogens is 278 g/mol. The van der Waals surface area contributed by atoms with Crippen molar-refractivity contribution >= 4 is 15.8 Å². The highest BCUT2D eigenvalue weighted by Crippen LogP contribution is 2.48. The Hall–Kier alpha value is -1.87. The number of nitrogens with zero attached hydrogens (tertiary/aromatic N) is 1. The zero-order chi connectivity index (χ0) is 15.0. The van der Waals surface area contributed by atoms with Crippen LogP contribution in [0.25, 0.3) is 0 Å². The van der Waals surface area contributed by atoms with Crippen molar-refractivity contribution in [3.63, 3.8) is 0 Å². The fourth-order valence-electron chi connectivity index (χ4n) is 2.20. The van der Waals surface area contributed by atoms with Gasteiger partial charge in [0.15, 0.2) is 9.84 Å². The van der Waals surface area contributed by atoms with Crippen molar-refractivity contribution in [1.82, 2.24) is 0 Å². The van der Waals surface area contributed by atoms with Crippen LogP contribution in [0.3, 0.4) is 0 Å². The SMILES string of the molecule is CCS(=O)(=O)c1cc(C2(C#N)CC2)ccc1CC(=O)O. The molecule has 1 saturated carbocycles. The number of benzene rings is 1. The second-order valence-corrected chi connectivity index (χ2v) is 7.24. The summed E-state index contributed by atoms with van der Waals surface area (Å²) < 4.78 is 24.2. The van der Waals surface area contributed by atoms with Gasteiger partial charge in [-0.1, -0.05) is 19.1 Å². The molecule has 1 N–H and O–H groups in total. The average molecular weight is 293 g/mol. The quantitative estimate of drug-likeness (QED) is 0.890. The first-order valence-corrected chi connectivity index (χ1v) is 7.99. The summed E-state index contributed by atoms with van der Waals surface area (Å²) in [5.74, 6) is -1.17. The number of carbonyl (C=O) groups is 1. The average Bonchev–Trinajstić information content (AvgIpc) is 3.19. The first-order chi connectivity index (χ1) is 9.34. The minimum atomic E-state index is -3.51. The lowest BCUT2D eigenvalue weighted by molar-refractivity contribution is -0.136. The van der Waals surface area contributed by atoms with Gasteiger partial charge in [-0.3, -0.25) is 4.79 Å². The summed E-state index contributed by atoms with van der Waals surface area (Å²) in [5, 5.41) is 18.1. The topological polar surface area (TPSA) is 95.2 Å². The summed E-state index contributed by atoms with van der Waals surface area (Å²) in [7, 11) is -3.51. The molecule has 1 aromatic carbocycles. The van der Waals surface area contributed by atoms with Crippen LogP contribution in [0.1, 0.15) is 30.9 Å². The van der Waals surface area contributed by atoms with E-state index in [9.17, 15) is 18.5 Å². The molecule has 1 fully saturated rings. The van der Waals surface area contributed by atoms with Crippen molar-refractivity contribution in [3.05, 3.63) is 29.3 Å².